The Hall–Kier alpha value is -5.53. The first-order chi connectivity index (χ1) is 21.9. The van der Waals surface area contributed by atoms with Gasteiger partial charge in [-0.3, -0.25) is 9.59 Å². The molecule has 0 saturated carbocycles. The predicted octanol–water partition coefficient (Wildman–Crippen LogP) is 3.70. The number of rotatable bonds is 14. The molecule has 1 saturated heterocycles. The second-order valence-electron chi connectivity index (χ2n) is 10.4. The van der Waals surface area contributed by atoms with Crippen LogP contribution in [0, 0.1) is 0 Å². The number of carbonyl (C=O) groups is 5. The number of carboxylic acid groups (broad SMARTS) is 4. The summed E-state index contributed by atoms with van der Waals surface area (Å²) in [5.41, 5.74) is 1.55. The summed E-state index contributed by atoms with van der Waals surface area (Å²) in [7, 11) is 0. The maximum absolute atomic E-state index is 13.8. The molecule has 4 unspecified atom stereocenters. The van der Waals surface area contributed by atoms with Crippen molar-refractivity contribution in [3.63, 3.8) is 0 Å². The van der Waals surface area contributed by atoms with Crippen molar-refractivity contribution in [2.75, 3.05) is 6.54 Å². The van der Waals surface area contributed by atoms with Gasteiger partial charge in [0.25, 0.3) is 5.91 Å². The van der Waals surface area contributed by atoms with Gasteiger partial charge in [-0.1, -0.05) is 72.8 Å². The molecule has 0 radical (unpaired) electrons. The van der Waals surface area contributed by atoms with E-state index in [0.29, 0.717) is 17.1 Å². The Morgan fingerprint density at radius 3 is 1.89 bits per heavy atom. The molecule has 4 N–H and O–H groups in total. The van der Waals surface area contributed by atoms with E-state index in [-0.39, 0.29) is 6.42 Å². The number of carbonyl (C=O) groups excluding carboxylic acids is 1. The maximum atomic E-state index is 13.8. The third-order valence-corrected chi connectivity index (χ3v) is 7.36. The van der Waals surface area contributed by atoms with Gasteiger partial charge < -0.3 is 39.5 Å². The molecule has 1 aliphatic rings. The Bertz CT molecular complexity index is 1580. The minimum Gasteiger partial charge on any atom is -0.480 e. The van der Waals surface area contributed by atoms with Crippen LogP contribution >= 0.6 is 0 Å². The summed E-state index contributed by atoms with van der Waals surface area (Å²) in [5, 5.41) is 38.4. The van der Waals surface area contributed by atoms with Crippen LogP contribution < -0.4 is 4.74 Å². The van der Waals surface area contributed by atoms with Crippen molar-refractivity contribution in [2.45, 2.75) is 43.3 Å². The molecule has 13 heteroatoms. The number of aliphatic carboxylic acids is 4. The van der Waals surface area contributed by atoms with E-state index in [4.69, 9.17) is 14.2 Å². The van der Waals surface area contributed by atoms with Crippen LogP contribution in [0.25, 0.3) is 6.08 Å². The highest BCUT2D eigenvalue weighted by molar-refractivity contribution is 6.02. The number of para-hydroxylation sites is 1. The smallest absolute Gasteiger partial charge is 0.377 e. The van der Waals surface area contributed by atoms with E-state index < -0.39 is 66.3 Å². The summed E-state index contributed by atoms with van der Waals surface area (Å²) >= 11 is 0. The van der Waals surface area contributed by atoms with Crippen LogP contribution in [0.4, 0.5) is 0 Å². The monoisotopic (exact) mass is 633 g/mol. The molecule has 46 heavy (non-hydrogen) atoms. The van der Waals surface area contributed by atoms with E-state index in [1.807, 2.05) is 60.7 Å². The van der Waals surface area contributed by atoms with Gasteiger partial charge in [0.15, 0.2) is 12.2 Å². The molecule has 1 amide bonds. The number of benzene rings is 3. The van der Waals surface area contributed by atoms with Gasteiger partial charge in [0.1, 0.15) is 18.0 Å². The molecule has 1 fully saturated rings. The van der Waals surface area contributed by atoms with Crippen LogP contribution in [0.5, 0.6) is 11.5 Å². The third-order valence-electron chi connectivity index (χ3n) is 7.36. The standard InChI is InChI=1S/C33H31NO12/c1-20(34(19-26(35)36)29(37)27-28(30(38)39)46-33(45-27,31(40)41)32(42)43)25(14-8-11-21-9-4-2-5-10-21)22-15-17-24(18-16-22)44-23-12-6-3-7-13-23/h2-13,15-18,20,25,27-28H,14,19H2,1H3,(H,35,36)(H,38,39)(H,40,41)(H,42,43)/b11-8-. The first-order valence-corrected chi connectivity index (χ1v) is 14.0. The molecule has 4 rings (SSSR count). The van der Waals surface area contributed by atoms with Gasteiger partial charge in [-0.05, 0) is 48.7 Å². The molecule has 0 aromatic heterocycles. The minimum atomic E-state index is -3.49. The van der Waals surface area contributed by atoms with Crippen molar-refractivity contribution >= 4 is 35.9 Å². The normalized spacial score (nSPS) is 18.4. The Kier molecular flexibility index (Phi) is 10.5. The van der Waals surface area contributed by atoms with Gasteiger partial charge in [-0.15, -0.1) is 0 Å². The number of nitrogens with zero attached hydrogens (tertiary/aromatic N) is 1. The number of carboxylic acids is 4. The molecule has 4 atom stereocenters. The second-order valence-corrected chi connectivity index (χ2v) is 10.4. The van der Waals surface area contributed by atoms with E-state index in [1.54, 1.807) is 43.3 Å². The minimum absolute atomic E-state index is 0.275. The van der Waals surface area contributed by atoms with Crippen molar-refractivity contribution in [3.8, 4) is 11.5 Å². The lowest BCUT2D eigenvalue weighted by Gasteiger charge is -2.35. The lowest BCUT2D eigenvalue weighted by Crippen LogP contribution is -2.53. The molecule has 0 bridgehead atoms. The summed E-state index contributed by atoms with van der Waals surface area (Å²) < 4.78 is 15.7. The maximum Gasteiger partial charge on any atom is 0.377 e. The summed E-state index contributed by atoms with van der Waals surface area (Å²) in [6.45, 7) is 0.608. The fourth-order valence-corrected chi connectivity index (χ4v) is 5.04. The quantitative estimate of drug-likeness (QED) is 0.188. The molecule has 1 aliphatic heterocycles. The number of hydrogen-bond donors (Lipinski definition) is 4. The molecule has 0 spiro atoms. The first kappa shape index (κ1) is 33.4. The van der Waals surface area contributed by atoms with Crippen molar-refractivity contribution < 1.29 is 58.6 Å². The first-order valence-electron chi connectivity index (χ1n) is 14.0. The highest BCUT2D eigenvalue weighted by atomic mass is 16.8. The molecule has 0 aliphatic carbocycles. The Balaban J connectivity index is 1.69. The summed E-state index contributed by atoms with van der Waals surface area (Å²) in [4.78, 5) is 62.2. The predicted molar refractivity (Wildman–Crippen MR) is 160 cm³/mol. The fraction of sp³-hybridized carbons (Fsp3) is 0.242. The van der Waals surface area contributed by atoms with E-state index in [1.165, 1.54) is 0 Å². The average Bonchev–Trinajstić information content (AvgIpc) is 3.46. The van der Waals surface area contributed by atoms with Crippen molar-refractivity contribution in [2.24, 2.45) is 0 Å². The zero-order valence-electron chi connectivity index (χ0n) is 24.5. The van der Waals surface area contributed by atoms with E-state index in [9.17, 15) is 44.4 Å². The van der Waals surface area contributed by atoms with Crippen LogP contribution in [0.3, 0.4) is 0 Å². The van der Waals surface area contributed by atoms with Crippen LogP contribution in [-0.2, 0) is 33.4 Å². The van der Waals surface area contributed by atoms with Gasteiger partial charge in [-0.25, -0.2) is 14.4 Å². The second kappa shape index (κ2) is 14.5. The Morgan fingerprint density at radius 1 is 0.804 bits per heavy atom. The topological polar surface area (TPSA) is 197 Å². The lowest BCUT2D eigenvalue weighted by atomic mass is 9.87. The van der Waals surface area contributed by atoms with Gasteiger partial charge in [0.2, 0.25) is 0 Å². The summed E-state index contributed by atoms with van der Waals surface area (Å²) in [6.07, 6.45) is -0.679. The highest BCUT2D eigenvalue weighted by Crippen LogP contribution is 2.35. The zero-order valence-corrected chi connectivity index (χ0v) is 24.5. The fourth-order valence-electron chi connectivity index (χ4n) is 5.04. The van der Waals surface area contributed by atoms with Gasteiger partial charge in [0, 0.05) is 12.0 Å². The summed E-state index contributed by atoms with van der Waals surface area (Å²) in [6, 6.07) is 24.3. The molecular formula is C33H31NO12. The van der Waals surface area contributed by atoms with Crippen LogP contribution in [0.1, 0.15) is 30.4 Å². The SMILES string of the molecule is CC(C(C/C=C\c1ccccc1)c1ccc(Oc2ccccc2)cc1)N(CC(=O)O)C(=O)C1OC(C(=O)O)(C(=O)O)OC1C(=O)O. The molecular weight excluding hydrogens is 602 g/mol. The molecule has 3 aromatic carbocycles. The number of hydrogen-bond acceptors (Lipinski definition) is 8. The number of ether oxygens (including phenoxy) is 3. The van der Waals surface area contributed by atoms with Crippen LogP contribution in [0.2, 0.25) is 0 Å². The van der Waals surface area contributed by atoms with Crippen molar-refractivity contribution in [3.05, 3.63) is 102 Å². The van der Waals surface area contributed by atoms with E-state index >= 15 is 0 Å². The lowest BCUT2D eigenvalue weighted by molar-refractivity contribution is -0.221. The van der Waals surface area contributed by atoms with E-state index in [2.05, 4.69) is 0 Å². The average molecular weight is 634 g/mol. The van der Waals surface area contributed by atoms with Crippen LogP contribution in [0.15, 0.2) is 91.0 Å². The van der Waals surface area contributed by atoms with E-state index in [0.717, 1.165) is 10.5 Å². The molecule has 3 aromatic rings. The number of allylic oxidation sites excluding steroid dienone is 1. The molecule has 240 valence electrons. The number of amides is 1. The Labute approximate surface area is 262 Å². The van der Waals surface area contributed by atoms with Crippen molar-refractivity contribution in [1.29, 1.82) is 0 Å². The Morgan fingerprint density at radius 2 is 1.35 bits per heavy atom. The van der Waals surface area contributed by atoms with Crippen LogP contribution in [-0.4, -0.2) is 85.7 Å². The highest BCUT2D eigenvalue weighted by Gasteiger charge is 2.64. The van der Waals surface area contributed by atoms with Gasteiger partial charge >= 0.3 is 29.7 Å². The van der Waals surface area contributed by atoms with Gasteiger partial charge in [0.05, 0.1) is 0 Å². The van der Waals surface area contributed by atoms with Gasteiger partial charge in [-0.2, -0.15) is 0 Å². The summed E-state index contributed by atoms with van der Waals surface area (Å²) in [5.74, 6) is -12.0. The largest absolute Gasteiger partial charge is 0.480 e. The molecule has 1 heterocycles. The van der Waals surface area contributed by atoms with Crippen molar-refractivity contribution in [1.82, 2.24) is 4.90 Å². The molecule has 13 nitrogen and oxygen atoms in total. The zero-order chi connectivity index (χ0) is 33.4. The third kappa shape index (κ3) is 7.57.